The number of carbonyl (C=O) groups excluding carboxylic acids is 1. The number of benzene rings is 2. The van der Waals surface area contributed by atoms with E-state index in [0.29, 0.717) is 36.9 Å². The van der Waals surface area contributed by atoms with Crippen molar-refractivity contribution >= 4 is 21.6 Å². The molecule has 0 bridgehead atoms. The minimum Gasteiger partial charge on any atom is -0.496 e. The summed E-state index contributed by atoms with van der Waals surface area (Å²) in [5.41, 5.74) is 0.599. The second-order valence-electron chi connectivity index (χ2n) is 6.95. The number of nitrogens with zero attached hydrogens (tertiary/aromatic N) is 1. The summed E-state index contributed by atoms with van der Waals surface area (Å²) < 4.78 is 39.2. The maximum atomic E-state index is 13.0. The molecule has 1 aliphatic heterocycles. The Morgan fingerprint density at radius 3 is 2.63 bits per heavy atom. The molecule has 2 aromatic carbocycles. The van der Waals surface area contributed by atoms with Crippen molar-refractivity contribution in [3.63, 3.8) is 0 Å². The fourth-order valence-corrected chi connectivity index (χ4v) is 4.38. The molecule has 0 aromatic heterocycles. The van der Waals surface area contributed by atoms with Crippen molar-refractivity contribution in [2.75, 3.05) is 31.5 Å². The molecular formula is C22H26N2O5S. The summed E-state index contributed by atoms with van der Waals surface area (Å²) in [6, 6.07) is 10.9. The van der Waals surface area contributed by atoms with Gasteiger partial charge in [0, 0.05) is 19.2 Å². The molecule has 30 heavy (non-hydrogen) atoms. The van der Waals surface area contributed by atoms with E-state index in [1.54, 1.807) is 35.2 Å². The molecule has 3 rings (SSSR count). The molecule has 7 nitrogen and oxygen atoms in total. The van der Waals surface area contributed by atoms with Gasteiger partial charge in [-0.1, -0.05) is 18.7 Å². The Bertz CT molecular complexity index is 1010. The Balaban J connectivity index is 1.87. The van der Waals surface area contributed by atoms with Crippen molar-refractivity contribution in [3.05, 3.63) is 60.7 Å². The quantitative estimate of drug-likeness (QED) is 0.646. The number of nitrogens with one attached hydrogen (secondary N) is 1. The molecule has 0 aliphatic carbocycles. The summed E-state index contributed by atoms with van der Waals surface area (Å²) in [5, 5.41) is 0. The third kappa shape index (κ3) is 5.13. The van der Waals surface area contributed by atoms with Crippen LogP contribution < -0.4 is 14.2 Å². The Morgan fingerprint density at radius 2 is 1.93 bits per heavy atom. The molecule has 1 N–H and O–H groups in total. The number of methoxy groups -OCH3 is 1. The summed E-state index contributed by atoms with van der Waals surface area (Å²) >= 11 is 0. The SMILES string of the molecule is C=CCOc1cccc(NS(=O)(=O)c2ccc(OC)c(C(=O)N3CCCCC3)c2)c1. The van der Waals surface area contributed by atoms with E-state index in [9.17, 15) is 13.2 Å². The van der Waals surface area contributed by atoms with E-state index in [4.69, 9.17) is 9.47 Å². The molecule has 0 unspecified atom stereocenters. The lowest BCUT2D eigenvalue weighted by atomic mass is 10.1. The van der Waals surface area contributed by atoms with E-state index in [0.717, 1.165) is 19.3 Å². The number of carbonyl (C=O) groups is 1. The van der Waals surface area contributed by atoms with Gasteiger partial charge in [-0.15, -0.1) is 0 Å². The van der Waals surface area contributed by atoms with Gasteiger partial charge in [0.05, 0.1) is 23.3 Å². The fraction of sp³-hybridized carbons (Fsp3) is 0.318. The van der Waals surface area contributed by atoms with E-state index in [-0.39, 0.29) is 16.4 Å². The van der Waals surface area contributed by atoms with E-state index in [2.05, 4.69) is 11.3 Å². The summed E-state index contributed by atoms with van der Waals surface area (Å²) in [7, 11) is -2.45. The van der Waals surface area contributed by atoms with Crippen LogP contribution in [0.1, 0.15) is 29.6 Å². The zero-order chi connectivity index (χ0) is 21.6. The Morgan fingerprint density at radius 1 is 1.17 bits per heavy atom. The van der Waals surface area contributed by atoms with Crippen molar-refractivity contribution < 1.29 is 22.7 Å². The van der Waals surface area contributed by atoms with Crippen LogP contribution in [-0.4, -0.2) is 46.0 Å². The summed E-state index contributed by atoms with van der Waals surface area (Å²) in [5.74, 6) is 0.651. The third-order valence-electron chi connectivity index (χ3n) is 4.81. The summed E-state index contributed by atoms with van der Waals surface area (Å²) in [4.78, 5) is 14.7. The van der Waals surface area contributed by atoms with Gasteiger partial charge in [-0.25, -0.2) is 8.42 Å². The summed E-state index contributed by atoms with van der Waals surface area (Å²) in [6.45, 7) is 5.23. The van der Waals surface area contributed by atoms with Crippen LogP contribution in [0.15, 0.2) is 60.0 Å². The minimum absolute atomic E-state index is 0.0129. The van der Waals surface area contributed by atoms with Crippen molar-refractivity contribution in [2.24, 2.45) is 0 Å². The Labute approximate surface area is 177 Å². The van der Waals surface area contributed by atoms with Gasteiger partial charge in [0.25, 0.3) is 15.9 Å². The van der Waals surface area contributed by atoms with Gasteiger partial charge in [0.1, 0.15) is 18.1 Å². The number of sulfonamides is 1. The van der Waals surface area contributed by atoms with Crippen molar-refractivity contribution in [3.8, 4) is 11.5 Å². The van der Waals surface area contributed by atoms with Crippen LogP contribution in [0, 0.1) is 0 Å². The zero-order valence-corrected chi connectivity index (χ0v) is 17.8. The van der Waals surface area contributed by atoms with Crippen molar-refractivity contribution in [2.45, 2.75) is 24.2 Å². The Hall–Kier alpha value is -3.00. The van der Waals surface area contributed by atoms with Gasteiger partial charge in [-0.05, 0) is 49.6 Å². The molecule has 0 saturated carbocycles. The van der Waals surface area contributed by atoms with Crippen LogP contribution in [0.5, 0.6) is 11.5 Å². The molecular weight excluding hydrogens is 404 g/mol. The first-order valence-electron chi connectivity index (χ1n) is 9.78. The minimum atomic E-state index is -3.91. The van der Waals surface area contributed by atoms with Gasteiger partial charge >= 0.3 is 0 Å². The first-order chi connectivity index (χ1) is 14.4. The highest BCUT2D eigenvalue weighted by Gasteiger charge is 2.24. The van der Waals surface area contributed by atoms with E-state index < -0.39 is 10.0 Å². The highest BCUT2D eigenvalue weighted by atomic mass is 32.2. The first-order valence-corrected chi connectivity index (χ1v) is 11.3. The standard InChI is InChI=1S/C22H26N2O5S/c1-3-14-29-18-9-7-8-17(15-18)23-30(26,27)19-10-11-21(28-2)20(16-19)22(25)24-12-5-4-6-13-24/h3,7-11,15-16,23H,1,4-6,12-14H2,2H3. The van der Waals surface area contributed by atoms with Crippen LogP contribution in [-0.2, 0) is 10.0 Å². The van der Waals surface area contributed by atoms with Crippen LogP contribution >= 0.6 is 0 Å². The number of rotatable bonds is 8. The van der Waals surface area contributed by atoms with E-state index in [1.165, 1.54) is 25.3 Å². The molecule has 0 radical (unpaired) electrons. The van der Waals surface area contributed by atoms with Gasteiger partial charge in [-0.2, -0.15) is 0 Å². The van der Waals surface area contributed by atoms with E-state index in [1.807, 2.05) is 0 Å². The predicted molar refractivity (Wildman–Crippen MR) is 116 cm³/mol. The number of anilines is 1. The van der Waals surface area contributed by atoms with Crippen LogP contribution in [0.3, 0.4) is 0 Å². The lowest BCUT2D eigenvalue weighted by molar-refractivity contribution is 0.0720. The molecule has 1 heterocycles. The fourth-order valence-electron chi connectivity index (χ4n) is 3.31. The molecule has 0 atom stereocenters. The second kappa shape index (κ2) is 9.67. The van der Waals surface area contributed by atoms with E-state index >= 15 is 0 Å². The second-order valence-corrected chi connectivity index (χ2v) is 8.63. The third-order valence-corrected chi connectivity index (χ3v) is 6.19. The predicted octanol–water partition coefficient (Wildman–Crippen LogP) is 3.69. The number of ether oxygens (including phenoxy) is 2. The van der Waals surface area contributed by atoms with Gasteiger partial charge < -0.3 is 14.4 Å². The normalized spacial score (nSPS) is 14.1. The van der Waals surface area contributed by atoms with Crippen molar-refractivity contribution in [1.82, 2.24) is 4.90 Å². The average Bonchev–Trinajstić information content (AvgIpc) is 2.77. The molecule has 1 fully saturated rings. The topological polar surface area (TPSA) is 84.9 Å². The molecule has 2 aromatic rings. The average molecular weight is 431 g/mol. The summed E-state index contributed by atoms with van der Waals surface area (Å²) in [6.07, 6.45) is 4.58. The largest absolute Gasteiger partial charge is 0.496 e. The molecule has 1 saturated heterocycles. The van der Waals surface area contributed by atoms with Crippen LogP contribution in [0.4, 0.5) is 5.69 Å². The molecule has 1 amide bonds. The maximum absolute atomic E-state index is 13.0. The van der Waals surface area contributed by atoms with Crippen LogP contribution in [0.25, 0.3) is 0 Å². The monoisotopic (exact) mass is 430 g/mol. The smallest absolute Gasteiger partial charge is 0.261 e. The number of hydrogen-bond donors (Lipinski definition) is 1. The highest BCUT2D eigenvalue weighted by molar-refractivity contribution is 7.92. The molecule has 0 spiro atoms. The maximum Gasteiger partial charge on any atom is 0.261 e. The number of hydrogen-bond acceptors (Lipinski definition) is 5. The number of amides is 1. The number of piperidine rings is 1. The van der Waals surface area contributed by atoms with Gasteiger partial charge in [0.15, 0.2) is 0 Å². The van der Waals surface area contributed by atoms with Crippen molar-refractivity contribution in [1.29, 1.82) is 0 Å². The Kier molecular flexibility index (Phi) is 6.99. The first kappa shape index (κ1) is 21.7. The molecule has 8 heteroatoms. The highest BCUT2D eigenvalue weighted by Crippen LogP contribution is 2.27. The molecule has 1 aliphatic rings. The lowest BCUT2D eigenvalue weighted by Crippen LogP contribution is -2.35. The van der Waals surface area contributed by atoms with Gasteiger partial charge in [0.2, 0.25) is 0 Å². The lowest BCUT2D eigenvalue weighted by Gasteiger charge is -2.27. The van der Waals surface area contributed by atoms with Crippen LogP contribution in [0.2, 0.25) is 0 Å². The number of likely N-dealkylation sites (tertiary alicyclic amines) is 1. The molecule has 160 valence electrons. The zero-order valence-electron chi connectivity index (χ0n) is 17.0. The van der Waals surface area contributed by atoms with Gasteiger partial charge in [-0.3, -0.25) is 9.52 Å².